The number of hydrogen-bond donors (Lipinski definition) is 1. The Morgan fingerprint density at radius 2 is 2.29 bits per heavy atom. The molecule has 0 fully saturated rings. The molecule has 1 aromatic heterocycles. The molecule has 0 amide bonds. The van der Waals surface area contributed by atoms with Crippen molar-refractivity contribution in [2.75, 3.05) is 0 Å². The zero-order valence-corrected chi connectivity index (χ0v) is 10.6. The molecular formula is C8H5BrIN3O. The maximum Gasteiger partial charge on any atom is 0.347 e. The molecule has 0 saturated carbocycles. The van der Waals surface area contributed by atoms with E-state index in [-0.39, 0.29) is 5.69 Å². The highest BCUT2D eigenvalue weighted by molar-refractivity contribution is 14.1. The van der Waals surface area contributed by atoms with Crippen LogP contribution in [0.5, 0.6) is 0 Å². The molecule has 0 aliphatic carbocycles. The highest BCUT2D eigenvalue weighted by Crippen LogP contribution is 2.21. The van der Waals surface area contributed by atoms with E-state index in [9.17, 15) is 4.79 Å². The summed E-state index contributed by atoms with van der Waals surface area (Å²) in [6, 6.07) is 5.76. The number of hydrogen-bond acceptors (Lipinski definition) is 2. The van der Waals surface area contributed by atoms with Crippen LogP contribution in [0.3, 0.4) is 0 Å². The topological polar surface area (TPSA) is 50.7 Å². The molecule has 2 rings (SSSR count). The number of nitrogens with zero attached hydrogens (tertiary/aromatic N) is 2. The van der Waals surface area contributed by atoms with Gasteiger partial charge in [-0.25, -0.2) is 14.5 Å². The van der Waals surface area contributed by atoms with Crippen molar-refractivity contribution in [3.63, 3.8) is 0 Å². The van der Waals surface area contributed by atoms with E-state index in [2.05, 4.69) is 48.7 Å². The smallest absolute Gasteiger partial charge is 0.249 e. The lowest BCUT2D eigenvalue weighted by Crippen LogP contribution is -2.14. The quantitative estimate of drug-likeness (QED) is 0.785. The van der Waals surface area contributed by atoms with Gasteiger partial charge in [-0.15, -0.1) is 0 Å². The number of halogens is 2. The lowest BCUT2D eigenvalue weighted by Gasteiger charge is -2.03. The van der Waals surface area contributed by atoms with Gasteiger partial charge in [0, 0.05) is 8.04 Å². The molecule has 0 aliphatic heterocycles. The molecule has 0 aliphatic rings. The van der Waals surface area contributed by atoms with Crippen LogP contribution in [0.2, 0.25) is 0 Å². The van der Waals surface area contributed by atoms with E-state index < -0.39 is 0 Å². The minimum absolute atomic E-state index is 0.243. The minimum atomic E-state index is -0.243. The first-order chi connectivity index (χ1) is 6.68. The van der Waals surface area contributed by atoms with Crippen LogP contribution in [-0.2, 0) is 0 Å². The van der Waals surface area contributed by atoms with Crippen molar-refractivity contribution < 1.29 is 0 Å². The number of rotatable bonds is 1. The summed E-state index contributed by atoms with van der Waals surface area (Å²) in [6.45, 7) is 0. The van der Waals surface area contributed by atoms with E-state index in [1.165, 1.54) is 10.9 Å². The average molecular weight is 366 g/mol. The highest BCUT2D eigenvalue weighted by atomic mass is 127. The maximum atomic E-state index is 11.3. The molecule has 14 heavy (non-hydrogen) atoms. The van der Waals surface area contributed by atoms with E-state index in [1.807, 2.05) is 18.2 Å². The second-order valence-electron chi connectivity index (χ2n) is 2.63. The van der Waals surface area contributed by atoms with Crippen molar-refractivity contribution in [3.8, 4) is 5.69 Å². The first-order valence-electron chi connectivity index (χ1n) is 3.76. The zero-order chi connectivity index (χ0) is 10.1. The molecule has 0 saturated heterocycles. The number of nitrogens with one attached hydrogen (secondary N) is 1. The molecule has 1 N–H and O–H groups in total. The van der Waals surface area contributed by atoms with Gasteiger partial charge in [-0.2, -0.15) is 5.10 Å². The second kappa shape index (κ2) is 3.85. The number of aromatic nitrogens is 3. The van der Waals surface area contributed by atoms with E-state index in [4.69, 9.17) is 0 Å². The van der Waals surface area contributed by atoms with Gasteiger partial charge >= 0.3 is 5.69 Å². The Kier molecular flexibility index (Phi) is 2.73. The molecule has 0 atom stereocenters. The molecule has 0 radical (unpaired) electrons. The summed E-state index contributed by atoms with van der Waals surface area (Å²) in [5.41, 5.74) is 0.545. The van der Waals surface area contributed by atoms with Gasteiger partial charge in [-0.1, -0.05) is 0 Å². The first kappa shape index (κ1) is 9.91. The second-order valence-corrected chi connectivity index (χ2v) is 4.73. The van der Waals surface area contributed by atoms with Crippen LogP contribution < -0.4 is 5.69 Å². The van der Waals surface area contributed by atoms with Gasteiger partial charge < -0.3 is 0 Å². The molecular weight excluding hydrogens is 361 g/mol. The predicted molar refractivity (Wildman–Crippen MR) is 64.6 cm³/mol. The van der Waals surface area contributed by atoms with Crippen molar-refractivity contribution in [2.24, 2.45) is 0 Å². The summed E-state index contributed by atoms with van der Waals surface area (Å²) >= 11 is 5.57. The van der Waals surface area contributed by atoms with Crippen LogP contribution in [0, 0.1) is 3.57 Å². The Bertz CT molecular complexity index is 519. The first-order valence-corrected chi connectivity index (χ1v) is 5.63. The van der Waals surface area contributed by atoms with Crippen molar-refractivity contribution in [1.82, 2.24) is 14.8 Å². The molecule has 1 heterocycles. The maximum absolute atomic E-state index is 11.3. The van der Waals surface area contributed by atoms with Gasteiger partial charge in [0.25, 0.3) is 0 Å². The van der Waals surface area contributed by atoms with Crippen LogP contribution in [0.4, 0.5) is 0 Å². The third-order valence-electron chi connectivity index (χ3n) is 1.72. The normalized spacial score (nSPS) is 10.4. The molecule has 2 aromatic rings. The van der Waals surface area contributed by atoms with Crippen LogP contribution in [0.25, 0.3) is 5.69 Å². The fourth-order valence-corrected chi connectivity index (χ4v) is 2.00. The van der Waals surface area contributed by atoms with Crippen molar-refractivity contribution >= 4 is 38.5 Å². The van der Waals surface area contributed by atoms with Crippen LogP contribution >= 0.6 is 38.5 Å². The summed E-state index contributed by atoms with van der Waals surface area (Å²) in [4.78, 5) is 11.3. The van der Waals surface area contributed by atoms with Crippen molar-refractivity contribution in [3.05, 3.63) is 43.1 Å². The van der Waals surface area contributed by atoms with E-state index in [0.717, 1.165) is 13.7 Å². The summed E-state index contributed by atoms with van der Waals surface area (Å²) in [5.74, 6) is 0. The van der Waals surface area contributed by atoms with E-state index in [0.29, 0.717) is 0 Å². The van der Waals surface area contributed by atoms with Crippen molar-refractivity contribution in [2.45, 2.75) is 0 Å². The third kappa shape index (κ3) is 1.76. The molecule has 72 valence electrons. The standard InChI is InChI=1S/C8H5BrIN3O/c9-6-2-1-5(10)3-7(6)13-4-11-12-8(13)14/h1-4H,(H,12,14). The predicted octanol–water partition coefficient (Wildman–Crippen LogP) is 1.93. The van der Waals surface area contributed by atoms with E-state index >= 15 is 0 Å². The largest absolute Gasteiger partial charge is 0.347 e. The third-order valence-corrected chi connectivity index (χ3v) is 3.06. The van der Waals surface area contributed by atoms with Gasteiger partial charge in [-0.05, 0) is 56.7 Å². The molecule has 4 nitrogen and oxygen atoms in total. The molecule has 0 unspecified atom stereocenters. The SMILES string of the molecule is O=c1[nH]ncn1-c1cc(I)ccc1Br. The summed E-state index contributed by atoms with van der Waals surface area (Å²) in [7, 11) is 0. The summed E-state index contributed by atoms with van der Waals surface area (Å²) in [6.07, 6.45) is 1.46. The van der Waals surface area contributed by atoms with Gasteiger partial charge in [0.1, 0.15) is 6.33 Å². The van der Waals surface area contributed by atoms with Gasteiger partial charge in [-0.3, -0.25) is 0 Å². The summed E-state index contributed by atoms with van der Waals surface area (Å²) < 4.78 is 3.38. The molecule has 0 spiro atoms. The Labute approximate surface area is 102 Å². The monoisotopic (exact) mass is 365 g/mol. The lowest BCUT2D eigenvalue weighted by atomic mass is 10.3. The Balaban J connectivity index is 2.68. The lowest BCUT2D eigenvalue weighted by molar-refractivity contribution is 0.976. The minimum Gasteiger partial charge on any atom is -0.249 e. The number of H-pyrrole nitrogens is 1. The van der Waals surface area contributed by atoms with E-state index in [1.54, 1.807) is 0 Å². The zero-order valence-electron chi connectivity index (χ0n) is 6.87. The van der Waals surface area contributed by atoms with Crippen molar-refractivity contribution in [1.29, 1.82) is 0 Å². The molecule has 1 aromatic carbocycles. The number of aromatic amines is 1. The highest BCUT2D eigenvalue weighted by Gasteiger charge is 2.05. The van der Waals surface area contributed by atoms with Gasteiger partial charge in [0.05, 0.1) is 5.69 Å². The molecule has 6 heteroatoms. The van der Waals surface area contributed by atoms with Crippen LogP contribution in [-0.4, -0.2) is 14.8 Å². The Morgan fingerprint density at radius 1 is 1.50 bits per heavy atom. The fraction of sp³-hybridized carbons (Fsp3) is 0. The van der Waals surface area contributed by atoms with Gasteiger partial charge in [0.15, 0.2) is 0 Å². The Morgan fingerprint density at radius 3 is 2.93 bits per heavy atom. The average Bonchev–Trinajstić information content (AvgIpc) is 2.56. The van der Waals surface area contributed by atoms with Crippen LogP contribution in [0.15, 0.2) is 33.8 Å². The molecule has 0 bridgehead atoms. The summed E-state index contributed by atoms with van der Waals surface area (Å²) in [5, 5.41) is 6.02. The van der Waals surface area contributed by atoms with Crippen LogP contribution in [0.1, 0.15) is 0 Å². The van der Waals surface area contributed by atoms with Gasteiger partial charge in [0.2, 0.25) is 0 Å². The fourth-order valence-electron chi connectivity index (χ4n) is 1.09. The number of benzene rings is 1. The Hall–Kier alpha value is -0.630.